The van der Waals surface area contributed by atoms with E-state index >= 15 is 0 Å². The number of rotatable bonds is 5. The van der Waals surface area contributed by atoms with Crippen LogP contribution in [0.25, 0.3) is 11.3 Å². The fourth-order valence-electron chi connectivity index (χ4n) is 5.29. The van der Waals surface area contributed by atoms with Gasteiger partial charge in [0.25, 0.3) is 5.91 Å². The molecule has 1 N–H and O–H groups in total. The summed E-state index contributed by atoms with van der Waals surface area (Å²) in [4.78, 5) is 29.4. The second-order valence-electron chi connectivity index (χ2n) is 9.67. The Hall–Kier alpha value is -3.34. The lowest BCUT2D eigenvalue weighted by Crippen LogP contribution is -2.64. The Kier molecular flexibility index (Phi) is 5.57. The Labute approximate surface area is 195 Å². The van der Waals surface area contributed by atoms with Gasteiger partial charge in [0, 0.05) is 18.3 Å². The number of benzene rings is 2. The van der Waals surface area contributed by atoms with E-state index in [0.717, 1.165) is 48.1 Å². The van der Waals surface area contributed by atoms with Gasteiger partial charge in [-0.1, -0.05) is 73.0 Å². The van der Waals surface area contributed by atoms with Crippen molar-refractivity contribution in [3.05, 3.63) is 83.6 Å². The van der Waals surface area contributed by atoms with Gasteiger partial charge < -0.3 is 14.8 Å². The summed E-state index contributed by atoms with van der Waals surface area (Å²) in [5, 5.41) is 3.27. The van der Waals surface area contributed by atoms with E-state index in [1.165, 1.54) is 0 Å². The summed E-state index contributed by atoms with van der Waals surface area (Å²) in [6.07, 6.45) is 4.32. The summed E-state index contributed by atoms with van der Waals surface area (Å²) in [7, 11) is 0. The van der Waals surface area contributed by atoms with E-state index in [1.54, 1.807) is 4.90 Å². The lowest BCUT2D eigenvalue weighted by molar-refractivity contribution is -0.133. The largest absolute Gasteiger partial charge is 0.351 e. The summed E-state index contributed by atoms with van der Waals surface area (Å²) >= 11 is 0. The maximum atomic E-state index is 13.8. The molecule has 2 heterocycles. The average molecular weight is 442 g/mol. The van der Waals surface area contributed by atoms with Crippen LogP contribution in [0, 0.1) is 6.92 Å². The van der Waals surface area contributed by atoms with Crippen LogP contribution in [-0.4, -0.2) is 32.9 Å². The molecule has 2 aromatic carbocycles. The Morgan fingerprint density at radius 1 is 1.00 bits per heavy atom. The van der Waals surface area contributed by atoms with Gasteiger partial charge in [0.15, 0.2) is 0 Å². The van der Waals surface area contributed by atoms with Crippen molar-refractivity contribution >= 4 is 11.8 Å². The molecule has 170 valence electrons. The normalized spacial score (nSPS) is 20.7. The molecule has 2 aliphatic rings. The molecule has 1 aromatic heterocycles. The predicted molar refractivity (Wildman–Crippen MR) is 130 cm³/mol. The first-order chi connectivity index (χ1) is 16.0. The zero-order valence-electron chi connectivity index (χ0n) is 19.4. The molecule has 1 aliphatic heterocycles. The second-order valence-corrected chi connectivity index (χ2v) is 9.67. The van der Waals surface area contributed by atoms with Crippen molar-refractivity contribution in [2.45, 2.75) is 64.2 Å². The molecule has 3 aromatic rings. The fraction of sp³-hybridized carbons (Fsp3) is 0.357. The molecular formula is C28H31N3O2. The topological polar surface area (TPSA) is 54.3 Å². The van der Waals surface area contributed by atoms with Crippen molar-refractivity contribution in [1.29, 1.82) is 0 Å². The van der Waals surface area contributed by atoms with Crippen LogP contribution in [-0.2, 0) is 17.9 Å². The number of fused-ring (bicyclic) bond motifs is 1. The molecule has 0 bridgehead atoms. The van der Waals surface area contributed by atoms with E-state index in [9.17, 15) is 9.59 Å². The molecule has 1 saturated carbocycles. The minimum Gasteiger partial charge on any atom is -0.351 e. The van der Waals surface area contributed by atoms with Gasteiger partial charge in [0.05, 0.1) is 6.54 Å². The van der Waals surface area contributed by atoms with Crippen LogP contribution < -0.4 is 5.32 Å². The Bertz CT molecular complexity index is 1180. The molecule has 0 saturated heterocycles. The monoisotopic (exact) mass is 441 g/mol. The highest BCUT2D eigenvalue weighted by atomic mass is 16.2. The molecule has 1 fully saturated rings. The van der Waals surface area contributed by atoms with E-state index in [-0.39, 0.29) is 17.9 Å². The third-order valence-corrected chi connectivity index (χ3v) is 7.18. The molecule has 0 radical (unpaired) electrons. The summed E-state index contributed by atoms with van der Waals surface area (Å²) in [6, 6.07) is 22.3. The number of carbonyl (C=O) groups is 2. The molecule has 5 rings (SSSR count). The molecule has 2 amide bonds. The molecule has 0 spiro atoms. The lowest BCUT2D eigenvalue weighted by Gasteiger charge is -2.45. The summed E-state index contributed by atoms with van der Waals surface area (Å²) in [5.74, 6) is -0.164. The van der Waals surface area contributed by atoms with E-state index in [1.807, 2.05) is 79.1 Å². The lowest BCUT2D eigenvalue weighted by atomic mass is 9.93. The first-order valence-electron chi connectivity index (χ1n) is 11.9. The number of amides is 2. The number of hydrogen-bond donors (Lipinski definition) is 1. The van der Waals surface area contributed by atoms with Crippen molar-refractivity contribution in [3.63, 3.8) is 0 Å². The number of hydrogen-bond acceptors (Lipinski definition) is 2. The Balaban J connectivity index is 1.55. The molecule has 1 aliphatic carbocycles. The van der Waals surface area contributed by atoms with E-state index in [4.69, 9.17) is 0 Å². The van der Waals surface area contributed by atoms with Gasteiger partial charge in [-0.2, -0.15) is 0 Å². The number of nitrogens with zero attached hydrogens (tertiary/aromatic N) is 2. The SMILES string of the molecule is Cc1cccc(CN2C(=O)c3ccc(-c4ccccc4)n3C[C@]2(C)C(=O)NC2CCCC2)c1. The van der Waals surface area contributed by atoms with Crippen LogP contribution in [0.15, 0.2) is 66.7 Å². The smallest absolute Gasteiger partial charge is 0.271 e. The highest BCUT2D eigenvalue weighted by Gasteiger charge is 2.48. The summed E-state index contributed by atoms with van der Waals surface area (Å²) in [6.45, 7) is 4.80. The van der Waals surface area contributed by atoms with Crippen LogP contribution in [0.4, 0.5) is 0 Å². The van der Waals surface area contributed by atoms with Gasteiger partial charge in [0.1, 0.15) is 11.2 Å². The average Bonchev–Trinajstić information content (AvgIpc) is 3.47. The molecule has 5 nitrogen and oxygen atoms in total. The Morgan fingerprint density at radius 2 is 1.73 bits per heavy atom. The zero-order valence-corrected chi connectivity index (χ0v) is 19.4. The minimum absolute atomic E-state index is 0.0613. The van der Waals surface area contributed by atoms with Crippen molar-refractivity contribution in [1.82, 2.24) is 14.8 Å². The third kappa shape index (κ3) is 3.97. The van der Waals surface area contributed by atoms with Gasteiger partial charge in [-0.3, -0.25) is 9.59 Å². The summed E-state index contributed by atoms with van der Waals surface area (Å²) in [5.41, 5.74) is 3.83. The van der Waals surface area contributed by atoms with Crippen LogP contribution in [0.2, 0.25) is 0 Å². The summed E-state index contributed by atoms with van der Waals surface area (Å²) < 4.78 is 2.03. The number of aryl methyl sites for hydroxylation is 1. The molecular weight excluding hydrogens is 410 g/mol. The first kappa shape index (κ1) is 21.5. The van der Waals surface area contributed by atoms with Crippen LogP contribution in [0.1, 0.15) is 54.2 Å². The predicted octanol–water partition coefficient (Wildman–Crippen LogP) is 4.94. The fourth-order valence-corrected chi connectivity index (χ4v) is 5.29. The minimum atomic E-state index is -0.987. The number of nitrogens with one attached hydrogen (secondary N) is 1. The molecule has 1 atom stereocenters. The zero-order chi connectivity index (χ0) is 23.0. The third-order valence-electron chi connectivity index (χ3n) is 7.18. The van der Waals surface area contributed by atoms with Gasteiger partial charge >= 0.3 is 0 Å². The highest BCUT2D eigenvalue weighted by molar-refractivity contribution is 6.00. The van der Waals surface area contributed by atoms with Crippen molar-refractivity contribution in [2.24, 2.45) is 0 Å². The second kappa shape index (κ2) is 8.54. The maximum absolute atomic E-state index is 13.8. The Morgan fingerprint density at radius 3 is 2.45 bits per heavy atom. The molecule has 5 heteroatoms. The maximum Gasteiger partial charge on any atom is 0.271 e. The first-order valence-corrected chi connectivity index (χ1v) is 11.9. The van der Waals surface area contributed by atoms with Gasteiger partial charge in [-0.25, -0.2) is 0 Å². The van der Waals surface area contributed by atoms with Gasteiger partial charge in [-0.05, 0) is 49.9 Å². The van der Waals surface area contributed by atoms with Crippen molar-refractivity contribution in [2.75, 3.05) is 0 Å². The van der Waals surface area contributed by atoms with Gasteiger partial charge in [-0.15, -0.1) is 0 Å². The number of carbonyl (C=O) groups excluding carboxylic acids is 2. The van der Waals surface area contributed by atoms with Crippen molar-refractivity contribution in [3.8, 4) is 11.3 Å². The van der Waals surface area contributed by atoms with Crippen LogP contribution >= 0.6 is 0 Å². The van der Waals surface area contributed by atoms with Crippen molar-refractivity contribution < 1.29 is 9.59 Å². The number of aromatic nitrogens is 1. The van der Waals surface area contributed by atoms with E-state index in [0.29, 0.717) is 18.8 Å². The standard InChI is InChI=1S/C28H31N3O2/c1-20-9-8-10-21(17-20)18-31-26(32)25-16-15-24(22-11-4-3-5-12-22)30(25)19-28(31,2)27(33)29-23-13-6-7-14-23/h3-5,8-12,15-17,23H,6-7,13-14,18-19H2,1-2H3,(H,29,33)/t28-/m1/s1. The molecule has 0 unspecified atom stereocenters. The van der Waals surface area contributed by atoms with Crippen LogP contribution in [0.3, 0.4) is 0 Å². The van der Waals surface area contributed by atoms with E-state index in [2.05, 4.69) is 11.4 Å². The highest BCUT2D eigenvalue weighted by Crippen LogP contribution is 2.34. The van der Waals surface area contributed by atoms with E-state index < -0.39 is 5.54 Å². The van der Waals surface area contributed by atoms with Crippen LogP contribution in [0.5, 0.6) is 0 Å². The van der Waals surface area contributed by atoms with Gasteiger partial charge in [0.2, 0.25) is 5.91 Å². The molecule has 33 heavy (non-hydrogen) atoms. The quantitative estimate of drug-likeness (QED) is 0.610.